The van der Waals surface area contributed by atoms with Crippen molar-refractivity contribution in [1.82, 2.24) is 19.5 Å². The molecule has 202 valence electrons. The summed E-state index contributed by atoms with van der Waals surface area (Å²) >= 11 is 0. The molecule has 0 radical (unpaired) electrons. The summed E-state index contributed by atoms with van der Waals surface area (Å²) in [4.78, 5) is 56.9. The molecule has 0 aliphatic carbocycles. The van der Waals surface area contributed by atoms with Crippen molar-refractivity contribution in [2.24, 2.45) is 5.92 Å². The lowest BCUT2D eigenvalue weighted by Crippen LogP contribution is -2.53. The molecule has 3 unspecified atom stereocenters. The van der Waals surface area contributed by atoms with E-state index in [1.807, 2.05) is 32.0 Å². The molecule has 2 fully saturated rings. The monoisotopic (exact) mass is 542 g/mol. The molecule has 1 N–H and O–H groups in total. The van der Waals surface area contributed by atoms with E-state index in [0.29, 0.717) is 6.42 Å². The number of hydrogen-bond donors (Lipinski definition) is 1. The first-order chi connectivity index (χ1) is 18.1. The predicted molar refractivity (Wildman–Crippen MR) is 136 cm³/mol. The minimum absolute atomic E-state index is 0.0271. The molecule has 0 saturated carbocycles. The normalized spacial score (nSPS) is 20.3. The van der Waals surface area contributed by atoms with Gasteiger partial charge < -0.3 is 15.0 Å². The van der Waals surface area contributed by atoms with Gasteiger partial charge in [0.2, 0.25) is 5.91 Å². The number of pyridine rings is 1. The highest BCUT2D eigenvalue weighted by molar-refractivity contribution is 8.04. The predicted octanol–water partition coefficient (Wildman–Crippen LogP) is 1.75. The van der Waals surface area contributed by atoms with E-state index in [9.17, 15) is 27.6 Å². The fourth-order valence-electron chi connectivity index (χ4n) is 4.86. The number of ether oxygens (including phenoxy) is 1. The number of aromatic nitrogens is 1. The number of carbonyl (C=O) groups excluding carboxylic acids is 4. The maximum Gasteiger partial charge on any atom is 0.408 e. The van der Waals surface area contributed by atoms with Crippen molar-refractivity contribution >= 4 is 32.9 Å². The van der Waals surface area contributed by atoms with Crippen molar-refractivity contribution in [1.29, 1.82) is 0 Å². The minimum atomic E-state index is -4.54. The number of amides is 2. The molecule has 2 saturated heterocycles. The van der Waals surface area contributed by atoms with Gasteiger partial charge in [0.1, 0.15) is 24.4 Å². The lowest BCUT2D eigenvalue weighted by atomic mass is 10.0. The lowest BCUT2D eigenvalue weighted by Gasteiger charge is -2.28. The molecule has 1 aromatic carbocycles. The van der Waals surface area contributed by atoms with Crippen molar-refractivity contribution in [3.8, 4) is 0 Å². The van der Waals surface area contributed by atoms with Crippen molar-refractivity contribution < 1.29 is 32.3 Å². The van der Waals surface area contributed by atoms with Crippen LogP contribution in [0, 0.1) is 5.92 Å². The molecule has 1 aromatic heterocycles. The SMILES string of the molecule is CC(C)CC(NC(=O)OCc1ccccc1)C(=O)N1CCC2C1C(=O)CN2S(=O)(=O)C(=O)c1ccccn1. The van der Waals surface area contributed by atoms with Gasteiger partial charge in [-0.2, -0.15) is 4.31 Å². The Morgan fingerprint density at radius 3 is 2.47 bits per heavy atom. The number of nitrogens with zero attached hydrogens (tertiary/aromatic N) is 3. The number of rotatable bonds is 8. The average Bonchev–Trinajstić information content (AvgIpc) is 3.48. The molecule has 12 heteroatoms. The Labute approximate surface area is 221 Å². The molecule has 2 aromatic rings. The van der Waals surface area contributed by atoms with Gasteiger partial charge in [0.05, 0.1) is 12.6 Å². The third kappa shape index (κ3) is 5.76. The number of ketones is 1. The van der Waals surface area contributed by atoms with E-state index in [4.69, 9.17) is 4.74 Å². The number of fused-ring (bicyclic) bond motifs is 1. The van der Waals surface area contributed by atoms with Gasteiger partial charge in [-0.05, 0) is 36.5 Å². The summed E-state index contributed by atoms with van der Waals surface area (Å²) in [5, 5.41) is 1.42. The maximum atomic E-state index is 13.5. The van der Waals surface area contributed by atoms with E-state index in [1.165, 1.54) is 23.2 Å². The fraction of sp³-hybridized carbons (Fsp3) is 0.423. The molecule has 0 spiro atoms. The summed E-state index contributed by atoms with van der Waals surface area (Å²) < 4.78 is 32.4. The number of carbonyl (C=O) groups is 4. The zero-order valence-corrected chi connectivity index (χ0v) is 22.0. The van der Waals surface area contributed by atoms with Crippen LogP contribution < -0.4 is 5.32 Å². The van der Waals surface area contributed by atoms with Crippen LogP contribution in [0.15, 0.2) is 54.7 Å². The molecule has 4 rings (SSSR count). The van der Waals surface area contributed by atoms with Crippen LogP contribution in [0.25, 0.3) is 0 Å². The number of likely N-dealkylation sites (tertiary alicyclic amines) is 1. The van der Waals surface area contributed by atoms with Crippen LogP contribution in [0.1, 0.15) is 42.7 Å². The third-order valence-electron chi connectivity index (χ3n) is 6.59. The van der Waals surface area contributed by atoms with Crippen molar-refractivity contribution in [3.05, 3.63) is 66.0 Å². The van der Waals surface area contributed by atoms with E-state index in [1.54, 1.807) is 18.2 Å². The summed E-state index contributed by atoms with van der Waals surface area (Å²) in [5.41, 5.74) is 0.541. The molecule has 2 amide bonds. The van der Waals surface area contributed by atoms with Crippen LogP contribution in [0.2, 0.25) is 0 Å². The van der Waals surface area contributed by atoms with Crippen molar-refractivity contribution in [2.75, 3.05) is 13.1 Å². The highest BCUT2D eigenvalue weighted by atomic mass is 32.2. The molecule has 2 aliphatic rings. The van der Waals surface area contributed by atoms with E-state index in [0.717, 1.165) is 9.87 Å². The number of Topliss-reactive ketones (excluding diaryl/α,β-unsaturated/α-hetero) is 1. The summed E-state index contributed by atoms with van der Waals surface area (Å²) in [6.07, 6.45) is 1.01. The van der Waals surface area contributed by atoms with Gasteiger partial charge in [-0.15, -0.1) is 0 Å². The fourth-order valence-corrected chi connectivity index (χ4v) is 6.34. The molecule has 2 aliphatic heterocycles. The zero-order valence-electron chi connectivity index (χ0n) is 21.1. The Balaban J connectivity index is 1.47. The summed E-state index contributed by atoms with van der Waals surface area (Å²) in [6.45, 7) is 3.41. The molecule has 0 bridgehead atoms. The maximum absolute atomic E-state index is 13.5. The van der Waals surface area contributed by atoms with Crippen LogP contribution in [-0.2, 0) is 31.0 Å². The Morgan fingerprint density at radius 2 is 1.82 bits per heavy atom. The second-order valence-corrected chi connectivity index (χ2v) is 11.5. The third-order valence-corrected chi connectivity index (χ3v) is 8.28. The molecular weight excluding hydrogens is 512 g/mol. The second kappa shape index (κ2) is 11.4. The molecule has 11 nitrogen and oxygen atoms in total. The van der Waals surface area contributed by atoms with Gasteiger partial charge in [0.15, 0.2) is 5.78 Å². The van der Waals surface area contributed by atoms with Crippen LogP contribution in [0.3, 0.4) is 0 Å². The standard InChI is InChI=1S/C26H30N4O7S/c1-17(2)14-20(28-26(34)37-16-18-8-4-3-5-9-18)24(32)29-13-11-21-23(29)22(31)15-30(21)38(35,36)25(33)19-10-6-7-12-27-19/h3-10,12,17,20-21,23H,11,13-16H2,1-2H3,(H,28,34). The Bertz CT molecular complexity index is 1300. The number of hydrogen-bond acceptors (Lipinski definition) is 8. The van der Waals surface area contributed by atoms with E-state index in [-0.39, 0.29) is 31.2 Å². The van der Waals surface area contributed by atoms with Gasteiger partial charge >= 0.3 is 11.2 Å². The Kier molecular flexibility index (Phi) is 8.22. The first-order valence-electron chi connectivity index (χ1n) is 12.4. The smallest absolute Gasteiger partial charge is 0.408 e. The minimum Gasteiger partial charge on any atom is -0.445 e. The summed E-state index contributed by atoms with van der Waals surface area (Å²) in [5.74, 6) is -0.941. The van der Waals surface area contributed by atoms with Crippen LogP contribution in [0.4, 0.5) is 4.79 Å². The van der Waals surface area contributed by atoms with Gasteiger partial charge in [-0.1, -0.05) is 50.2 Å². The molecular formula is C26H30N4O7S. The Morgan fingerprint density at radius 1 is 1.11 bits per heavy atom. The number of sulfonamides is 1. The van der Waals surface area contributed by atoms with Gasteiger partial charge in [0.25, 0.3) is 10.0 Å². The van der Waals surface area contributed by atoms with E-state index >= 15 is 0 Å². The summed E-state index contributed by atoms with van der Waals surface area (Å²) in [6, 6.07) is 10.6. The molecule has 3 atom stereocenters. The first kappa shape index (κ1) is 27.4. The summed E-state index contributed by atoms with van der Waals surface area (Å²) in [7, 11) is -4.54. The van der Waals surface area contributed by atoms with Gasteiger partial charge in [-0.3, -0.25) is 19.4 Å². The van der Waals surface area contributed by atoms with Gasteiger partial charge in [0, 0.05) is 12.7 Å². The topological polar surface area (TPSA) is 143 Å². The second-order valence-electron chi connectivity index (χ2n) is 9.74. The largest absolute Gasteiger partial charge is 0.445 e. The van der Waals surface area contributed by atoms with Gasteiger partial charge in [-0.25, -0.2) is 13.2 Å². The first-order valence-corrected chi connectivity index (χ1v) is 13.8. The van der Waals surface area contributed by atoms with Crippen LogP contribution in [0.5, 0.6) is 0 Å². The average molecular weight is 543 g/mol. The van der Waals surface area contributed by atoms with E-state index < -0.39 is 57.6 Å². The quantitative estimate of drug-likeness (QED) is 0.532. The van der Waals surface area contributed by atoms with E-state index in [2.05, 4.69) is 10.3 Å². The Hall–Kier alpha value is -3.64. The molecule has 3 heterocycles. The zero-order chi connectivity index (χ0) is 27.4. The highest BCUT2D eigenvalue weighted by Gasteiger charge is 2.55. The number of nitrogens with one attached hydrogen (secondary N) is 1. The van der Waals surface area contributed by atoms with Crippen LogP contribution in [-0.4, -0.2) is 76.7 Å². The highest BCUT2D eigenvalue weighted by Crippen LogP contribution is 2.33. The molecule has 38 heavy (non-hydrogen) atoms. The number of benzene rings is 1. The van der Waals surface area contributed by atoms with Crippen molar-refractivity contribution in [3.63, 3.8) is 0 Å². The van der Waals surface area contributed by atoms with Crippen LogP contribution >= 0.6 is 0 Å². The van der Waals surface area contributed by atoms with Crippen molar-refractivity contribution in [2.45, 2.75) is 51.4 Å². The number of alkyl carbamates (subject to hydrolysis) is 1. The lowest BCUT2D eigenvalue weighted by molar-refractivity contribution is -0.138.